The van der Waals surface area contributed by atoms with E-state index in [0.717, 1.165) is 13.1 Å². The molecule has 1 unspecified atom stereocenters. The number of anilines is 1. The van der Waals surface area contributed by atoms with E-state index in [1.54, 1.807) is 6.07 Å². The topological polar surface area (TPSA) is 52.6 Å². The van der Waals surface area contributed by atoms with Crippen molar-refractivity contribution in [2.24, 2.45) is 5.92 Å². The minimum absolute atomic E-state index is 0.0128. The summed E-state index contributed by atoms with van der Waals surface area (Å²) in [6.07, 6.45) is 0. The van der Waals surface area contributed by atoms with Gasteiger partial charge in [0.15, 0.2) is 0 Å². The lowest BCUT2D eigenvalue weighted by atomic mass is 10.0. The summed E-state index contributed by atoms with van der Waals surface area (Å²) in [6.45, 7) is 8.99. The largest absolute Gasteiger partial charge is 0.368 e. The molecule has 0 aliphatic carbocycles. The van der Waals surface area contributed by atoms with E-state index in [1.807, 2.05) is 30.2 Å². The number of aryl methyl sites for hydroxylation is 1. The average molecular weight is 386 g/mol. The van der Waals surface area contributed by atoms with Crippen LogP contribution in [0.25, 0.3) is 0 Å². The smallest absolute Gasteiger partial charge is 0.262 e. The van der Waals surface area contributed by atoms with Crippen LogP contribution in [0.5, 0.6) is 0 Å². The highest BCUT2D eigenvalue weighted by atomic mass is 32.1. The minimum atomic E-state index is -0.495. The Labute approximate surface area is 165 Å². The summed E-state index contributed by atoms with van der Waals surface area (Å²) in [5, 5.41) is 4.80. The van der Waals surface area contributed by atoms with Crippen molar-refractivity contribution >= 4 is 28.8 Å². The van der Waals surface area contributed by atoms with Crippen molar-refractivity contribution in [2.75, 3.05) is 31.1 Å². The van der Waals surface area contributed by atoms with Crippen LogP contribution < -0.4 is 10.2 Å². The first-order valence-electron chi connectivity index (χ1n) is 9.40. The van der Waals surface area contributed by atoms with Crippen molar-refractivity contribution in [2.45, 2.75) is 26.8 Å². The summed E-state index contributed by atoms with van der Waals surface area (Å²) >= 11 is 1.39. The quantitative estimate of drug-likeness (QED) is 0.860. The lowest BCUT2D eigenvalue weighted by Gasteiger charge is -2.38. The molecule has 0 radical (unpaired) electrons. The van der Waals surface area contributed by atoms with E-state index in [2.05, 4.69) is 41.4 Å². The second kappa shape index (κ2) is 8.57. The summed E-state index contributed by atoms with van der Waals surface area (Å²) in [4.78, 5) is 30.3. The molecule has 3 rings (SSSR count). The molecular formula is C21H27N3O2S. The van der Waals surface area contributed by atoms with Crippen molar-refractivity contribution in [3.63, 3.8) is 0 Å². The van der Waals surface area contributed by atoms with Gasteiger partial charge in [0.05, 0.1) is 4.88 Å². The Bertz CT molecular complexity index is 780. The van der Waals surface area contributed by atoms with Gasteiger partial charge in [-0.15, -0.1) is 11.3 Å². The summed E-state index contributed by atoms with van der Waals surface area (Å²) in [6, 6.07) is 11.6. The van der Waals surface area contributed by atoms with Crippen LogP contribution in [-0.4, -0.2) is 48.9 Å². The van der Waals surface area contributed by atoms with E-state index in [9.17, 15) is 9.59 Å². The standard InChI is InChI=1S/C21H27N3O2S/c1-15(2)19(22-20(25)18-8-5-13-27-18)21(26)24-11-9-23(10-12-24)17-7-4-6-16(3)14-17/h4-8,13-15,19H,9-12H2,1-3H3,(H,22,25). The third kappa shape index (κ3) is 4.69. The minimum Gasteiger partial charge on any atom is -0.368 e. The third-order valence-electron chi connectivity index (χ3n) is 4.92. The molecule has 1 aliphatic rings. The number of carbonyl (C=O) groups is 2. The Morgan fingerprint density at radius 3 is 2.41 bits per heavy atom. The van der Waals surface area contributed by atoms with Gasteiger partial charge in [-0.2, -0.15) is 0 Å². The van der Waals surface area contributed by atoms with Gasteiger partial charge in [0.25, 0.3) is 5.91 Å². The highest BCUT2D eigenvalue weighted by molar-refractivity contribution is 7.12. The van der Waals surface area contributed by atoms with E-state index in [0.29, 0.717) is 18.0 Å². The predicted molar refractivity (Wildman–Crippen MR) is 110 cm³/mol. The van der Waals surface area contributed by atoms with Crippen LogP contribution in [0.15, 0.2) is 41.8 Å². The van der Waals surface area contributed by atoms with E-state index in [-0.39, 0.29) is 17.7 Å². The van der Waals surface area contributed by atoms with Crippen molar-refractivity contribution in [3.8, 4) is 0 Å². The zero-order valence-electron chi connectivity index (χ0n) is 16.1. The molecule has 0 saturated carbocycles. The normalized spacial score (nSPS) is 15.7. The zero-order valence-corrected chi connectivity index (χ0v) is 17.0. The maximum Gasteiger partial charge on any atom is 0.262 e. The summed E-state index contributed by atoms with van der Waals surface area (Å²) in [5.74, 6) is -0.120. The summed E-state index contributed by atoms with van der Waals surface area (Å²) < 4.78 is 0. The first-order chi connectivity index (χ1) is 13.0. The van der Waals surface area contributed by atoms with Crippen LogP contribution in [-0.2, 0) is 4.79 Å². The maximum atomic E-state index is 13.0. The molecular weight excluding hydrogens is 358 g/mol. The van der Waals surface area contributed by atoms with Crippen molar-refractivity contribution in [1.82, 2.24) is 10.2 Å². The predicted octanol–water partition coefficient (Wildman–Crippen LogP) is 3.16. The lowest BCUT2D eigenvalue weighted by molar-refractivity contribution is -0.134. The number of nitrogens with zero attached hydrogens (tertiary/aromatic N) is 2. The van der Waals surface area contributed by atoms with Gasteiger partial charge in [0.1, 0.15) is 6.04 Å². The molecule has 2 heterocycles. The van der Waals surface area contributed by atoms with Gasteiger partial charge >= 0.3 is 0 Å². The molecule has 1 aromatic carbocycles. The summed E-state index contributed by atoms with van der Waals surface area (Å²) in [5.41, 5.74) is 2.44. The second-order valence-electron chi connectivity index (χ2n) is 7.32. The molecule has 27 heavy (non-hydrogen) atoms. The molecule has 144 valence electrons. The molecule has 6 heteroatoms. The van der Waals surface area contributed by atoms with Crippen LogP contribution in [0, 0.1) is 12.8 Å². The van der Waals surface area contributed by atoms with Gasteiger partial charge in [-0.25, -0.2) is 0 Å². The van der Waals surface area contributed by atoms with Gasteiger partial charge < -0.3 is 15.1 Å². The van der Waals surface area contributed by atoms with Crippen molar-refractivity contribution in [1.29, 1.82) is 0 Å². The number of nitrogens with one attached hydrogen (secondary N) is 1. The molecule has 0 spiro atoms. The molecule has 1 aromatic heterocycles. The molecule has 1 N–H and O–H groups in total. The molecule has 1 fully saturated rings. The number of hydrogen-bond donors (Lipinski definition) is 1. The van der Waals surface area contributed by atoms with Crippen LogP contribution in [0.1, 0.15) is 29.1 Å². The Hall–Kier alpha value is -2.34. The van der Waals surface area contributed by atoms with Gasteiger partial charge in [-0.3, -0.25) is 9.59 Å². The van der Waals surface area contributed by atoms with Crippen LogP contribution in [0.2, 0.25) is 0 Å². The highest BCUT2D eigenvalue weighted by Crippen LogP contribution is 2.19. The Morgan fingerprint density at radius 1 is 1.07 bits per heavy atom. The Morgan fingerprint density at radius 2 is 1.81 bits per heavy atom. The first kappa shape index (κ1) is 19.4. The number of piperazine rings is 1. The number of rotatable bonds is 5. The third-order valence-corrected chi connectivity index (χ3v) is 5.79. The monoisotopic (exact) mass is 385 g/mol. The fourth-order valence-electron chi connectivity index (χ4n) is 3.34. The van der Waals surface area contributed by atoms with Gasteiger partial charge in [-0.1, -0.05) is 32.0 Å². The van der Waals surface area contributed by atoms with Crippen LogP contribution >= 0.6 is 11.3 Å². The molecule has 1 aliphatic heterocycles. The van der Waals surface area contributed by atoms with Gasteiger partial charge in [-0.05, 0) is 42.0 Å². The molecule has 1 atom stereocenters. The van der Waals surface area contributed by atoms with E-state index in [1.165, 1.54) is 22.6 Å². The van der Waals surface area contributed by atoms with Gasteiger partial charge in [0, 0.05) is 31.9 Å². The number of hydrogen-bond acceptors (Lipinski definition) is 4. The number of benzene rings is 1. The van der Waals surface area contributed by atoms with Crippen LogP contribution in [0.3, 0.4) is 0 Å². The fourth-order valence-corrected chi connectivity index (χ4v) is 3.97. The molecule has 2 amide bonds. The molecule has 5 nitrogen and oxygen atoms in total. The second-order valence-corrected chi connectivity index (χ2v) is 8.27. The number of thiophene rings is 1. The van der Waals surface area contributed by atoms with E-state index in [4.69, 9.17) is 0 Å². The Kier molecular flexibility index (Phi) is 6.16. The van der Waals surface area contributed by atoms with E-state index < -0.39 is 6.04 Å². The van der Waals surface area contributed by atoms with Crippen molar-refractivity contribution in [3.05, 3.63) is 52.2 Å². The summed E-state index contributed by atoms with van der Waals surface area (Å²) in [7, 11) is 0. The molecule has 2 aromatic rings. The maximum absolute atomic E-state index is 13.0. The molecule has 1 saturated heterocycles. The zero-order chi connectivity index (χ0) is 19.4. The SMILES string of the molecule is Cc1cccc(N2CCN(C(=O)C(NC(=O)c3cccs3)C(C)C)CC2)c1. The Balaban J connectivity index is 1.61. The molecule has 0 bridgehead atoms. The highest BCUT2D eigenvalue weighted by Gasteiger charge is 2.31. The number of amides is 2. The van der Waals surface area contributed by atoms with Crippen molar-refractivity contribution < 1.29 is 9.59 Å². The van der Waals surface area contributed by atoms with Crippen LogP contribution in [0.4, 0.5) is 5.69 Å². The van der Waals surface area contributed by atoms with E-state index >= 15 is 0 Å². The fraction of sp³-hybridized carbons (Fsp3) is 0.429. The number of carbonyl (C=O) groups excluding carboxylic acids is 2. The first-order valence-corrected chi connectivity index (χ1v) is 10.3. The van der Waals surface area contributed by atoms with Gasteiger partial charge in [0.2, 0.25) is 5.91 Å². The lowest BCUT2D eigenvalue weighted by Crippen LogP contribution is -2.56. The average Bonchev–Trinajstić information content (AvgIpc) is 3.20.